The van der Waals surface area contributed by atoms with E-state index < -0.39 is 0 Å². The van der Waals surface area contributed by atoms with E-state index in [0.29, 0.717) is 24.4 Å². The minimum atomic E-state index is -0.133. The number of hydrogen-bond donors (Lipinski definition) is 1. The second-order valence-electron chi connectivity index (χ2n) is 8.92. The van der Waals surface area contributed by atoms with Crippen LogP contribution in [0.5, 0.6) is 11.5 Å². The summed E-state index contributed by atoms with van der Waals surface area (Å²) in [6.07, 6.45) is 3.98. The molecule has 0 radical (unpaired) electrons. The Balaban J connectivity index is 1.20. The SMILES string of the molecule is Cc1cc(C)c2c(-n3cccc3)nn(Cc3ccc(C(=O)NCc4ccc5c(c4)OCO5)cc3)c2n1. The molecule has 0 bridgehead atoms. The van der Waals surface area contributed by atoms with E-state index in [9.17, 15) is 4.79 Å². The Bertz CT molecular complexity index is 1570. The molecule has 5 aromatic rings. The monoisotopic (exact) mass is 479 g/mol. The second kappa shape index (κ2) is 8.88. The first-order valence-corrected chi connectivity index (χ1v) is 11.8. The molecular formula is C28H25N5O3. The summed E-state index contributed by atoms with van der Waals surface area (Å²) in [5, 5.41) is 8.90. The first-order valence-electron chi connectivity index (χ1n) is 11.8. The summed E-state index contributed by atoms with van der Waals surface area (Å²) in [6.45, 7) is 5.27. The highest BCUT2D eigenvalue weighted by atomic mass is 16.7. The zero-order valence-corrected chi connectivity index (χ0v) is 20.1. The molecule has 0 unspecified atom stereocenters. The van der Waals surface area contributed by atoms with Crippen LogP contribution < -0.4 is 14.8 Å². The highest BCUT2D eigenvalue weighted by Gasteiger charge is 2.17. The van der Waals surface area contributed by atoms with Crippen LogP contribution in [0, 0.1) is 13.8 Å². The van der Waals surface area contributed by atoms with Crippen molar-refractivity contribution < 1.29 is 14.3 Å². The zero-order valence-electron chi connectivity index (χ0n) is 20.1. The summed E-state index contributed by atoms with van der Waals surface area (Å²) in [5.41, 5.74) is 5.53. The second-order valence-corrected chi connectivity index (χ2v) is 8.92. The molecule has 0 aliphatic carbocycles. The molecule has 0 spiro atoms. The van der Waals surface area contributed by atoms with Crippen molar-refractivity contribution in [1.82, 2.24) is 24.6 Å². The maximum absolute atomic E-state index is 12.7. The van der Waals surface area contributed by atoms with Crippen LogP contribution >= 0.6 is 0 Å². The van der Waals surface area contributed by atoms with Crippen molar-refractivity contribution >= 4 is 16.9 Å². The average molecular weight is 480 g/mol. The van der Waals surface area contributed by atoms with Crippen molar-refractivity contribution in [2.24, 2.45) is 0 Å². The number of amides is 1. The number of aromatic nitrogens is 4. The van der Waals surface area contributed by atoms with Gasteiger partial charge in [0.1, 0.15) is 0 Å². The lowest BCUT2D eigenvalue weighted by Crippen LogP contribution is -2.22. The van der Waals surface area contributed by atoms with E-state index in [1.54, 1.807) is 0 Å². The Morgan fingerprint density at radius 1 is 0.972 bits per heavy atom. The van der Waals surface area contributed by atoms with Crippen molar-refractivity contribution in [3.8, 4) is 17.3 Å². The number of nitrogens with zero attached hydrogens (tertiary/aromatic N) is 4. The third-order valence-electron chi connectivity index (χ3n) is 6.30. The Morgan fingerprint density at radius 2 is 1.72 bits per heavy atom. The maximum Gasteiger partial charge on any atom is 0.251 e. The first kappa shape index (κ1) is 21.9. The van der Waals surface area contributed by atoms with Gasteiger partial charge in [-0.25, -0.2) is 9.67 Å². The molecule has 0 fully saturated rings. The number of rotatable bonds is 6. The number of aryl methyl sites for hydroxylation is 2. The van der Waals surface area contributed by atoms with Gasteiger partial charge in [-0.3, -0.25) is 4.79 Å². The highest BCUT2D eigenvalue weighted by molar-refractivity contribution is 5.94. The van der Waals surface area contributed by atoms with E-state index in [1.165, 1.54) is 0 Å². The van der Waals surface area contributed by atoms with Crippen LogP contribution in [0.4, 0.5) is 0 Å². The van der Waals surface area contributed by atoms with Gasteiger partial charge in [0, 0.05) is 30.2 Å². The number of fused-ring (bicyclic) bond motifs is 2. The van der Waals surface area contributed by atoms with Crippen LogP contribution in [-0.4, -0.2) is 32.0 Å². The van der Waals surface area contributed by atoms with Crippen LogP contribution in [0.2, 0.25) is 0 Å². The molecule has 1 aliphatic heterocycles. The minimum absolute atomic E-state index is 0.133. The van der Waals surface area contributed by atoms with Gasteiger partial charge in [0.15, 0.2) is 23.0 Å². The van der Waals surface area contributed by atoms with E-state index in [1.807, 2.05) is 83.2 Å². The number of pyridine rings is 1. The van der Waals surface area contributed by atoms with Crippen molar-refractivity contribution in [1.29, 1.82) is 0 Å². The Morgan fingerprint density at radius 3 is 2.53 bits per heavy atom. The summed E-state index contributed by atoms with van der Waals surface area (Å²) < 4.78 is 14.7. The Kier molecular flexibility index (Phi) is 5.41. The van der Waals surface area contributed by atoms with Crippen LogP contribution in [0.15, 0.2) is 73.1 Å². The highest BCUT2D eigenvalue weighted by Crippen LogP contribution is 2.32. The number of benzene rings is 2. The lowest BCUT2D eigenvalue weighted by molar-refractivity contribution is 0.0951. The predicted molar refractivity (Wildman–Crippen MR) is 136 cm³/mol. The van der Waals surface area contributed by atoms with Crippen LogP contribution in [0.25, 0.3) is 16.9 Å². The lowest BCUT2D eigenvalue weighted by atomic mass is 10.1. The summed E-state index contributed by atoms with van der Waals surface area (Å²) >= 11 is 0. The van der Waals surface area contributed by atoms with Gasteiger partial charge in [-0.1, -0.05) is 18.2 Å². The molecule has 36 heavy (non-hydrogen) atoms. The van der Waals surface area contributed by atoms with Crippen molar-refractivity contribution in [2.75, 3.05) is 6.79 Å². The Hall–Kier alpha value is -4.59. The molecule has 0 saturated carbocycles. The van der Waals surface area contributed by atoms with E-state index in [2.05, 4.69) is 18.3 Å². The quantitative estimate of drug-likeness (QED) is 0.387. The summed E-state index contributed by atoms with van der Waals surface area (Å²) in [6, 6.07) is 19.3. The largest absolute Gasteiger partial charge is 0.454 e. The minimum Gasteiger partial charge on any atom is -0.454 e. The van der Waals surface area contributed by atoms with Gasteiger partial charge in [0.05, 0.1) is 11.9 Å². The van der Waals surface area contributed by atoms with Gasteiger partial charge in [-0.05, 0) is 73.0 Å². The van der Waals surface area contributed by atoms with Crippen molar-refractivity contribution in [2.45, 2.75) is 26.9 Å². The van der Waals surface area contributed by atoms with E-state index in [4.69, 9.17) is 19.6 Å². The molecule has 6 rings (SSSR count). The van der Waals surface area contributed by atoms with E-state index in [-0.39, 0.29) is 12.7 Å². The number of hydrogen-bond acceptors (Lipinski definition) is 5. The fourth-order valence-corrected chi connectivity index (χ4v) is 4.53. The normalized spacial score (nSPS) is 12.3. The standard InChI is InChI=1S/C28H25N5O3/c1-18-13-19(2)30-26-25(18)27(32-11-3-4-12-32)31-33(26)16-20-5-8-22(9-6-20)28(34)29-15-21-7-10-23-24(14-21)36-17-35-23/h3-14H,15-17H2,1-2H3,(H,29,34). The van der Waals surface area contributed by atoms with Crippen molar-refractivity contribution in [3.05, 3.63) is 101 Å². The fraction of sp³-hybridized carbons (Fsp3) is 0.179. The zero-order chi connectivity index (χ0) is 24.6. The molecule has 0 saturated heterocycles. The Labute approximate surface area is 208 Å². The third-order valence-corrected chi connectivity index (χ3v) is 6.30. The predicted octanol–water partition coefficient (Wildman–Crippen LogP) is 4.55. The molecular weight excluding hydrogens is 454 g/mol. The maximum atomic E-state index is 12.7. The third kappa shape index (κ3) is 4.07. The summed E-state index contributed by atoms with van der Waals surface area (Å²) in [4.78, 5) is 17.5. The molecule has 3 aromatic heterocycles. The molecule has 180 valence electrons. The fourth-order valence-electron chi connectivity index (χ4n) is 4.53. The number of nitrogens with one attached hydrogen (secondary N) is 1. The first-order chi connectivity index (χ1) is 17.5. The van der Waals surface area contributed by atoms with Crippen LogP contribution in [-0.2, 0) is 13.1 Å². The molecule has 1 N–H and O–H groups in total. The van der Waals surface area contributed by atoms with Gasteiger partial charge in [-0.2, -0.15) is 5.10 Å². The topological polar surface area (TPSA) is 83.2 Å². The van der Waals surface area contributed by atoms with Crippen LogP contribution in [0.1, 0.15) is 32.7 Å². The average Bonchev–Trinajstić information content (AvgIpc) is 3.63. The van der Waals surface area contributed by atoms with E-state index >= 15 is 0 Å². The lowest BCUT2D eigenvalue weighted by Gasteiger charge is -2.08. The van der Waals surface area contributed by atoms with Crippen LogP contribution in [0.3, 0.4) is 0 Å². The van der Waals surface area contributed by atoms with Gasteiger partial charge in [0.25, 0.3) is 5.91 Å². The molecule has 8 heteroatoms. The number of ether oxygens (including phenoxy) is 2. The summed E-state index contributed by atoms with van der Waals surface area (Å²) in [5.74, 6) is 2.16. The van der Waals surface area contributed by atoms with Gasteiger partial charge in [0.2, 0.25) is 6.79 Å². The summed E-state index contributed by atoms with van der Waals surface area (Å²) in [7, 11) is 0. The van der Waals surface area contributed by atoms with Crippen molar-refractivity contribution in [3.63, 3.8) is 0 Å². The van der Waals surface area contributed by atoms with Gasteiger partial charge < -0.3 is 19.4 Å². The molecule has 1 aliphatic rings. The molecule has 2 aromatic carbocycles. The molecule has 1 amide bonds. The van der Waals surface area contributed by atoms with E-state index in [0.717, 1.165) is 45.0 Å². The molecule has 0 atom stereocenters. The number of carbonyl (C=O) groups is 1. The number of carbonyl (C=O) groups excluding carboxylic acids is 1. The molecule has 8 nitrogen and oxygen atoms in total. The van der Waals surface area contributed by atoms with Gasteiger partial charge in [-0.15, -0.1) is 0 Å². The van der Waals surface area contributed by atoms with Gasteiger partial charge >= 0.3 is 0 Å². The smallest absolute Gasteiger partial charge is 0.251 e. The molecule has 4 heterocycles.